The van der Waals surface area contributed by atoms with Crippen LogP contribution in [0.5, 0.6) is 0 Å². The Bertz CT molecular complexity index is 365. The highest BCUT2D eigenvalue weighted by Crippen LogP contribution is 2.16. The molecule has 0 bridgehead atoms. The van der Waals surface area contributed by atoms with Crippen LogP contribution in [0.2, 0.25) is 19.1 Å². The van der Waals surface area contributed by atoms with Gasteiger partial charge in [-0.3, -0.25) is 0 Å². The van der Waals surface area contributed by atoms with Crippen molar-refractivity contribution < 1.29 is 0 Å². The Morgan fingerprint density at radius 1 is 1.11 bits per heavy atom. The van der Waals surface area contributed by atoms with Gasteiger partial charge in [-0.25, -0.2) is 0 Å². The minimum atomic E-state index is -1.28. The molecule has 0 radical (unpaired) electrons. The van der Waals surface area contributed by atoms with Crippen LogP contribution < -0.4 is 5.19 Å². The van der Waals surface area contributed by atoms with Gasteiger partial charge in [0.25, 0.3) is 0 Å². The molecule has 0 saturated heterocycles. The van der Waals surface area contributed by atoms with E-state index >= 15 is 0 Å². The van der Waals surface area contributed by atoms with Gasteiger partial charge >= 0.3 is 0 Å². The first-order chi connectivity index (χ1) is 9.10. The van der Waals surface area contributed by atoms with Crippen LogP contribution in [0.15, 0.2) is 42.5 Å². The molecule has 1 aromatic rings. The molecule has 0 heterocycles. The first-order valence-corrected chi connectivity index (χ1v) is 11.0. The van der Waals surface area contributed by atoms with E-state index in [2.05, 4.69) is 69.4 Å². The molecule has 19 heavy (non-hydrogen) atoms. The average molecular weight is 275 g/mol. The van der Waals surface area contributed by atoms with Crippen LogP contribution in [0.3, 0.4) is 0 Å². The lowest BCUT2D eigenvalue weighted by molar-refractivity contribution is 0.540. The lowest BCUT2D eigenvalue weighted by Crippen LogP contribution is -2.40. The van der Waals surface area contributed by atoms with Crippen LogP contribution >= 0.6 is 0 Å². The third kappa shape index (κ3) is 5.77. The maximum absolute atomic E-state index is 2.48. The summed E-state index contributed by atoms with van der Waals surface area (Å²) in [5, 5.41) is 1.57. The molecule has 1 rings (SSSR count). The van der Waals surface area contributed by atoms with Crippen molar-refractivity contribution in [1.82, 2.24) is 0 Å². The number of hydrogen-bond donors (Lipinski definition) is 0. The van der Waals surface area contributed by atoms with Gasteiger partial charge in [-0.05, 0) is 24.8 Å². The van der Waals surface area contributed by atoms with Gasteiger partial charge in [0.15, 0.2) is 0 Å². The zero-order valence-electron chi connectivity index (χ0n) is 13.2. The Hall–Kier alpha value is -0.823. The maximum Gasteiger partial charge on any atom is 0.0843 e. The summed E-state index contributed by atoms with van der Waals surface area (Å²) < 4.78 is 0. The normalized spacial score (nSPS) is 13.9. The standard InChI is InChI=1S/C18H30Si/c1-5-7-12-17(6-2)13-11-16-19(3,4)18-14-9-8-10-15-18/h8-11,13-15,17H,5-7,12,16H2,1-4H3/b13-11+. The summed E-state index contributed by atoms with van der Waals surface area (Å²) in [6.07, 6.45) is 10.3. The maximum atomic E-state index is 2.48. The highest BCUT2D eigenvalue weighted by atomic mass is 28.3. The fraction of sp³-hybridized carbons (Fsp3) is 0.556. The zero-order chi connectivity index (χ0) is 14.1. The molecule has 0 aliphatic carbocycles. The molecular weight excluding hydrogens is 244 g/mol. The molecule has 1 heteroatoms. The predicted molar refractivity (Wildman–Crippen MR) is 90.8 cm³/mol. The summed E-state index contributed by atoms with van der Waals surface area (Å²) in [4.78, 5) is 0. The van der Waals surface area contributed by atoms with Crippen molar-refractivity contribution in [3.63, 3.8) is 0 Å². The van der Waals surface area contributed by atoms with E-state index < -0.39 is 8.07 Å². The highest BCUT2D eigenvalue weighted by Gasteiger charge is 2.21. The lowest BCUT2D eigenvalue weighted by atomic mass is 9.99. The minimum absolute atomic E-state index is 0.792. The van der Waals surface area contributed by atoms with Crippen molar-refractivity contribution in [3.05, 3.63) is 42.5 Å². The fourth-order valence-electron chi connectivity index (χ4n) is 2.47. The van der Waals surface area contributed by atoms with Gasteiger partial charge in [0.2, 0.25) is 0 Å². The van der Waals surface area contributed by atoms with E-state index in [1.807, 2.05) is 0 Å². The number of rotatable bonds is 8. The number of allylic oxidation sites excluding steroid dienone is 2. The Morgan fingerprint density at radius 3 is 2.37 bits per heavy atom. The topological polar surface area (TPSA) is 0 Å². The summed E-state index contributed by atoms with van der Waals surface area (Å²) >= 11 is 0. The van der Waals surface area contributed by atoms with Crippen molar-refractivity contribution in [2.24, 2.45) is 5.92 Å². The molecule has 106 valence electrons. The lowest BCUT2D eigenvalue weighted by Gasteiger charge is -2.21. The Labute approximate surface area is 121 Å². The van der Waals surface area contributed by atoms with E-state index in [-0.39, 0.29) is 0 Å². The summed E-state index contributed by atoms with van der Waals surface area (Å²) in [5.74, 6) is 0.792. The van der Waals surface area contributed by atoms with Crippen molar-refractivity contribution in [1.29, 1.82) is 0 Å². The highest BCUT2D eigenvalue weighted by molar-refractivity contribution is 6.90. The number of unbranched alkanes of at least 4 members (excludes halogenated alkanes) is 1. The molecule has 0 aromatic heterocycles. The van der Waals surface area contributed by atoms with Gasteiger partial charge in [-0.2, -0.15) is 0 Å². The van der Waals surface area contributed by atoms with Crippen LogP contribution in [-0.2, 0) is 0 Å². The molecule has 1 aromatic carbocycles. The van der Waals surface area contributed by atoms with E-state index in [4.69, 9.17) is 0 Å². The largest absolute Gasteiger partial charge is 0.0906 e. The smallest absolute Gasteiger partial charge is 0.0843 e. The summed E-state index contributed by atoms with van der Waals surface area (Å²) in [5.41, 5.74) is 0. The van der Waals surface area contributed by atoms with Crippen LogP contribution in [0.25, 0.3) is 0 Å². The third-order valence-electron chi connectivity index (χ3n) is 4.04. The number of hydrogen-bond acceptors (Lipinski definition) is 0. The molecule has 0 aliphatic heterocycles. The monoisotopic (exact) mass is 274 g/mol. The molecule has 0 N–H and O–H groups in total. The van der Waals surface area contributed by atoms with Crippen molar-refractivity contribution in [3.8, 4) is 0 Å². The van der Waals surface area contributed by atoms with Gasteiger partial charge in [0.1, 0.15) is 0 Å². The first kappa shape index (κ1) is 16.2. The Kier molecular flexibility index (Phi) is 7.15. The second-order valence-corrected chi connectivity index (χ2v) is 10.9. The van der Waals surface area contributed by atoms with Crippen LogP contribution in [0.1, 0.15) is 39.5 Å². The molecule has 0 saturated carbocycles. The molecule has 0 spiro atoms. The zero-order valence-corrected chi connectivity index (χ0v) is 14.2. The van der Waals surface area contributed by atoms with E-state index in [9.17, 15) is 0 Å². The van der Waals surface area contributed by atoms with Crippen LogP contribution in [0, 0.1) is 5.92 Å². The van der Waals surface area contributed by atoms with Gasteiger partial charge < -0.3 is 0 Å². The quantitative estimate of drug-likeness (QED) is 0.441. The second kappa shape index (κ2) is 8.37. The molecule has 0 aliphatic rings. The summed E-state index contributed by atoms with van der Waals surface area (Å²) in [6.45, 7) is 9.53. The molecular formula is C18H30Si. The average Bonchev–Trinajstić information content (AvgIpc) is 2.43. The molecule has 0 fully saturated rings. The molecule has 0 nitrogen and oxygen atoms in total. The van der Waals surface area contributed by atoms with Crippen LogP contribution in [0.4, 0.5) is 0 Å². The van der Waals surface area contributed by atoms with Gasteiger partial charge in [-0.15, -0.1) is 0 Å². The molecule has 1 unspecified atom stereocenters. The van der Waals surface area contributed by atoms with E-state index in [0.717, 1.165) is 5.92 Å². The van der Waals surface area contributed by atoms with Gasteiger partial charge in [0, 0.05) is 0 Å². The van der Waals surface area contributed by atoms with E-state index in [1.54, 1.807) is 5.19 Å². The summed E-state index contributed by atoms with van der Waals surface area (Å²) in [7, 11) is -1.28. The Balaban J connectivity index is 2.54. The second-order valence-electron chi connectivity index (χ2n) is 6.19. The molecule has 1 atom stereocenters. The fourth-order valence-corrected chi connectivity index (χ4v) is 4.52. The molecule has 0 amide bonds. The van der Waals surface area contributed by atoms with Gasteiger partial charge in [0.05, 0.1) is 8.07 Å². The van der Waals surface area contributed by atoms with E-state index in [1.165, 1.54) is 31.7 Å². The van der Waals surface area contributed by atoms with Crippen molar-refractivity contribution >= 4 is 13.3 Å². The predicted octanol–water partition coefficient (Wildman–Crippen LogP) is 5.37. The van der Waals surface area contributed by atoms with Crippen LogP contribution in [-0.4, -0.2) is 8.07 Å². The third-order valence-corrected chi connectivity index (χ3v) is 7.20. The first-order valence-electron chi connectivity index (χ1n) is 7.82. The van der Waals surface area contributed by atoms with Crippen molar-refractivity contribution in [2.75, 3.05) is 0 Å². The minimum Gasteiger partial charge on any atom is -0.0906 e. The number of benzene rings is 1. The Morgan fingerprint density at radius 2 is 1.79 bits per heavy atom. The van der Waals surface area contributed by atoms with E-state index in [0.29, 0.717) is 0 Å². The van der Waals surface area contributed by atoms with Gasteiger partial charge in [-0.1, -0.05) is 87.5 Å². The summed E-state index contributed by atoms with van der Waals surface area (Å²) in [6, 6.07) is 12.3. The van der Waals surface area contributed by atoms with Crippen molar-refractivity contribution in [2.45, 2.75) is 58.7 Å². The SMILES string of the molecule is CCCCC(/C=C/C[Si](C)(C)c1ccccc1)CC.